The van der Waals surface area contributed by atoms with E-state index >= 15 is 0 Å². The van der Waals surface area contributed by atoms with E-state index in [9.17, 15) is 9.90 Å². The van der Waals surface area contributed by atoms with E-state index in [1.807, 2.05) is 27.7 Å². The summed E-state index contributed by atoms with van der Waals surface area (Å²) in [6, 6.07) is 4.55. The average molecular weight is 224 g/mol. The van der Waals surface area contributed by atoms with Crippen molar-refractivity contribution >= 4 is 5.78 Å². The summed E-state index contributed by atoms with van der Waals surface area (Å²) in [7, 11) is 1.50. The molecule has 1 aromatic rings. The molecule has 1 rings (SSSR count). The Balaban J connectivity index is 0.00000106. The third-order valence-corrected chi connectivity index (χ3v) is 1.94. The molecule has 0 aromatic heterocycles. The maximum atomic E-state index is 11.6. The Labute approximate surface area is 97.1 Å². The number of carbonyl (C=O) groups excluding carboxylic acids is 1. The number of phenolic OH excluding ortho intramolecular Hbond substituents is 1. The van der Waals surface area contributed by atoms with Crippen molar-refractivity contribution in [3.05, 3.63) is 23.8 Å². The summed E-state index contributed by atoms with van der Waals surface area (Å²) >= 11 is 0. The Morgan fingerprint density at radius 3 is 2.25 bits per heavy atom. The molecule has 1 N–H and O–H groups in total. The molecule has 0 aliphatic carbocycles. The molecule has 90 valence electrons. The number of hydrogen-bond acceptors (Lipinski definition) is 3. The molecule has 0 fully saturated rings. The van der Waals surface area contributed by atoms with Gasteiger partial charge in [0.1, 0.15) is 11.5 Å². The minimum absolute atomic E-state index is 0.000741. The first-order chi connectivity index (χ1) is 7.54. The van der Waals surface area contributed by atoms with Crippen LogP contribution < -0.4 is 4.74 Å². The third kappa shape index (κ3) is 3.93. The van der Waals surface area contributed by atoms with E-state index in [2.05, 4.69) is 0 Å². The fourth-order valence-corrected chi connectivity index (χ4v) is 1.18. The lowest BCUT2D eigenvalue weighted by atomic mass is 10.0. The number of rotatable bonds is 3. The number of hydrogen-bond donors (Lipinski definition) is 1. The van der Waals surface area contributed by atoms with Crippen molar-refractivity contribution < 1.29 is 14.6 Å². The van der Waals surface area contributed by atoms with Gasteiger partial charge < -0.3 is 9.84 Å². The van der Waals surface area contributed by atoms with Gasteiger partial charge in [0, 0.05) is 17.5 Å². The molecule has 0 heterocycles. The molecule has 3 nitrogen and oxygen atoms in total. The molecule has 0 amide bonds. The maximum absolute atomic E-state index is 11.6. The lowest BCUT2D eigenvalue weighted by molar-refractivity contribution is 0.0938. The van der Waals surface area contributed by atoms with Gasteiger partial charge in [-0.15, -0.1) is 0 Å². The first kappa shape index (κ1) is 14.5. The highest BCUT2D eigenvalue weighted by molar-refractivity contribution is 5.98. The molecule has 0 aliphatic rings. The summed E-state index contributed by atoms with van der Waals surface area (Å²) in [5.41, 5.74) is 0.483. The second-order valence-corrected chi connectivity index (χ2v) is 3.44. The highest BCUT2D eigenvalue weighted by atomic mass is 16.5. The van der Waals surface area contributed by atoms with Crippen LogP contribution in [-0.4, -0.2) is 18.0 Å². The van der Waals surface area contributed by atoms with Gasteiger partial charge in [-0.05, 0) is 12.1 Å². The van der Waals surface area contributed by atoms with Crippen LogP contribution >= 0.6 is 0 Å². The van der Waals surface area contributed by atoms with Crippen molar-refractivity contribution in [2.75, 3.05) is 7.11 Å². The fourth-order valence-electron chi connectivity index (χ4n) is 1.18. The average Bonchev–Trinajstić information content (AvgIpc) is 2.29. The van der Waals surface area contributed by atoms with Crippen molar-refractivity contribution in [2.24, 2.45) is 5.92 Å². The van der Waals surface area contributed by atoms with Crippen LogP contribution in [0.3, 0.4) is 0 Å². The fraction of sp³-hybridized carbons (Fsp3) is 0.462. The third-order valence-electron chi connectivity index (χ3n) is 1.94. The summed E-state index contributed by atoms with van der Waals surface area (Å²) in [5, 5.41) is 9.32. The summed E-state index contributed by atoms with van der Waals surface area (Å²) in [4.78, 5) is 11.6. The van der Waals surface area contributed by atoms with Gasteiger partial charge in [-0.1, -0.05) is 27.7 Å². The van der Waals surface area contributed by atoms with Crippen LogP contribution in [0.5, 0.6) is 11.5 Å². The van der Waals surface area contributed by atoms with Gasteiger partial charge in [0.25, 0.3) is 0 Å². The zero-order chi connectivity index (χ0) is 12.7. The maximum Gasteiger partial charge on any atom is 0.165 e. The molecule has 1 aromatic carbocycles. The Kier molecular flexibility index (Phi) is 6.23. The van der Waals surface area contributed by atoms with Crippen molar-refractivity contribution in [3.8, 4) is 11.5 Å². The van der Waals surface area contributed by atoms with Crippen LogP contribution in [0.4, 0.5) is 0 Å². The lowest BCUT2D eigenvalue weighted by Crippen LogP contribution is -2.07. The summed E-state index contributed by atoms with van der Waals surface area (Å²) in [6.45, 7) is 7.64. The molecule has 16 heavy (non-hydrogen) atoms. The van der Waals surface area contributed by atoms with Gasteiger partial charge in [-0.2, -0.15) is 0 Å². The van der Waals surface area contributed by atoms with Gasteiger partial charge in [0.15, 0.2) is 5.78 Å². The van der Waals surface area contributed by atoms with Gasteiger partial charge in [-0.25, -0.2) is 0 Å². The second kappa shape index (κ2) is 6.88. The zero-order valence-corrected chi connectivity index (χ0v) is 10.6. The van der Waals surface area contributed by atoms with E-state index in [0.29, 0.717) is 11.3 Å². The Bertz CT molecular complexity index is 343. The topological polar surface area (TPSA) is 46.5 Å². The van der Waals surface area contributed by atoms with Crippen molar-refractivity contribution in [3.63, 3.8) is 0 Å². The van der Waals surface area contributed by atoms with Crippen LogP contribution in [0.1, 0.15) is 38.1 Å². The Hall–Kier alpha value is -1.51. The van der Waals surface area contributed by atoms with E-state index in [4.69, 9.17) is 4.74 Å². The predicted molar refractivity (Wildman–Crippen MR) is 65.2 cm³/mol. The van der Waals surface area contributed by atoms with Gasteiger partial charge >= 0.3 is 0 Å². The highest BCUT2D eigenvalue weighted by Crippen LogP contribution is 2.23. The minimum Gasteiger partial charge on any atom is -0.508 e. The molecular formula is C13H20O3. The van der Waals surface area contributed by atoms with Crippen LogP contribution in [-0.2, 0) is 0 Å². The molecule has 0 unspecified atom stereocenters. The predicted octanol–water partition coefficient (Wildman–Crippen LogP) is 3.27. The number of methoxy groups -OCH3 is 1. The van der Waals surface area contributed by atoms with Crippen LogP contribution in [0, 0.1) is 5.92 Å². The van der Waals surface area contributed by atoms with Crippen LogP contribution in [0.2, 0.25) is 0 Å². The zero-order valence-electron chi connectivity index (χ0n) is 10.6. The molecule has 0 saturated carbocycles. The number of carbonyl (C=O) groups is 1. The first-order valence-corrected chi connectivity index (χ1v) is 5.47. The van der Waals surface area contributed by atoms with Crippen LogP contribution in [0.15, 0.2) is 18.2 Å². The van der Waals surface area contributed by atoms with Gasteiger partial charge in [0.05, 0.1) is 7.11 Å². The minimum atomic E-state index is -0.0819. The van der Waals surface area contributed by atoms with Crippen molar-refractivity contribution in [1.29, 1.82) is 0 Å². The van der Waals surface area contributed by atoms with Gasteiger partial charge in [0.2, 0.25) is 0 Å². The highest BCUT2D eigenvalue weighted by Gasteiger charge is 2.12. The van der Waals surface area contributed by atoms with E-state index < -0.39 is 0 Å². The number of phenols is 1. The normalized spacial score (nSPS) is 9.38. The van der Waals surface area contributed by atoms with E-state index in [0.717, 1.165) is 0 Å². The van der Waals surface area contributed by atoms with Crippen molar-refractivity contribution in [2.45, 2.75) is 27.7 Å². The monoisotopic (exact) mass is 224 g/mol. The quantitative estimate of drug-likeness (QED) is 0.801. The molecule has 3 heteroatoms. The molecule has 0 saturated heterocycles. The summed E-state index contributed by atoms with van der Waals surface area (Å²) in [5.74, 6) is 0.461. The second-order valence-electron chi connectivity index (χ2n) is 3.44. The van der Waals surface area contributed by atoms with E-state index in [-0.39, 0.29) is 17.5 Å². The number of ether oxygens (including phenoxy) is 1. The number of ketones is 1. The lowest BCUT2D eigenvalue weighted by Gasteiger charge is -2.07. The summed E-state index contributed by atoms with van der Waals surface area (Å²) < 4.78 is 4.95. The first-order valence-electron chi connectivity index (χ1n) is 5.47. The van der Waals surface area contributed by atoms with Crippen LogP contribution in [0.25, 0.3) is 0 Å². The molecule has 0 radical (unpaired) electrons. The molecule has 0 aliphatic heterocycles. The molecule has 0 bridgehead atoms. The van der Waals surface area contributed by atoms with E-state index in [1.165, 1.54) is 19.2 Å². The van der Waals surface area contributed by atoms with Crippen molar-refractivity contribution in [1.82, 2.24) is 0 Å². The molecular weight excluding hydrogens is 204 g/mol. The van der Waals surface area contributed by atoms with E-state index in [1.54, 1.807) is 6.07 Å². The SMILES string of the molecule is CC.COc1cc(O)cc(C(=O)C(C)C)c1. The standard InChI is InChI=1S/C11H14O3.C2H6/c1-7(2)11(13)8-4-9(12)6-10(5-8)14-3;1-2/h4-7,12H,1-3H3;1-2H3. The number of benzene rings is 1. The number of Topliss-reactive ketones (excluding diaryl/α,β-unsaturated/α-hetero) is 1. The largest absolute Gasteiger partial charge is 0.508 e. The Morgan fingerprint density at radius 2 is 1.81 bits per heavy atom. The Morgan fingerprint density at radius 1 is 1.25 bits per heavy atom. The summed E-state index contributed by atoms with van der Waals surface area (Å²) in [6.07, 6.45) is 0. The molecule has 0 spiro atoms. The number of aromatic hydroxyl groups is 1. The smallest absolute Gasteiger partial charge is 0.165 e. The van der Waals surface area contributed by atoms with Gasteiger partial charge in [-0.3, -0.25) is 4.79 Å². The molecule has 0 atom stereocenters.